The lowest BCUT2D eigenvalue weighted by molar-refractivity contribution is -0.160. The summed E-state index contributed by atoms with van der Waals surface area (Å²) in [5, 5.41) is 14.4. The smallest absolute Gasteiger partial charge is 0.348 e. The molecule has 2 aromatic rings. The Morgan fingerprint density at radius 3 is 2.57 bits per heavy atom. The zero-order valence-electron chi connectivity index (χ0n) is 15.4. The Labute approximate surface area is 164 Å². The minimum atomic E-state index is -2.74. The average Bonchev–Trinajstić information content (AvgIpc) is 2.70. The van der Waals surface area contributed by atoms with Crippen molar-refractivity contribution in [2.45, 2.75) is 19.3 Å². The summed E-state index contributed by atoms with van der Waals surface area (Å²) in [7, 11) is -2.74. The SMILES string of the molecule is O=C(Nc1cccc(F)c1)c1cccc([P+](=O)[O-])c1.OCCC1CCNCC1. The topological polar surface area (TPSA) is 101 Å². The van der Waals surface area contributed by atoms with Crippen LogP contribution in [0.1, 0.15) is 29.6 Å². The van der Waals surface area contributed by atoms with Gasteiger partial charge in [-0.1, -0.05) is 16.7 Å². The number of carbonyl (C=O) groups excluding carboxylic acids is 1. The first-order chi connectivity index (χ1) is 13.5. The Bertz CT molecular complexity index is 795. The highest BCUT2D eigenvalue weighted by Gasteiger charge is 2.12. The molecule has 2 aromatic carbocycles. The molecule has 1 heterocycles. The van der Waals surface area contributed by atoms with Crippen LogP contribution in [-0.4, -0.2) is 30.7 Å². The maximum absolute atomic E-state index is 13.0. The normalized spacial score (nSPS) is 14.6. The predicted molar refractivity (Wildman–Crippen MR) is 105 cm³/mol. The largest absolute Gasteiger partial charge is 0.591 e. The molecule has 3 rings (SSSR count). The highest BCUT2D eigenvalue weighted by atomic mass is 31.1. The number of amides is 1. The van der Waals surface area contributed by atoms with Crippen LogP contribution in [0.15, 0.2) is 48.5 Å². The van der Waals surface area contributed by atoms with Crippen molar-refractivity contribution in [1.29, 1.82) is 0 Å². The van der Waals surface area contributed by atoms with E-state index >= 15 is 0 Å². The van der Waals surface area contributed by atoms with Crippen molar-refractivity contribution in [3.8, 4) is 0 Å². The van der Waals surface area contributed by atoms with E-state index in [0.29, 0.717) is 12.3 Å². The zero-order valence-corrected chi connectivity index (χ0v) is 16.3. The van der Waals surface area contributed by atoms with Crippen molar-refractivity contribution in [1.82, 2.24) is 5.32 Å². The quantitative estimate of drug-likeness (QED) is 0.661. The number of halogens is 1. The maximum Gasteiger partial charge on any atom is 0.348 e. The van der Waals surface area contributed by atoms with E-state index in [9.17, 15) is 18.6 Å². The van der Waals surface area contributed by atoms with E-state index in [-0.39, 0.29) is 10.9 Å². The Morgan fingerprint density at radius 2 is 1.93 bits per heavy atom. The molecule has 150 valence electrons. The molecule has 3 N–H and O–H groups in total. The Balaban J connectivity index is 0.000000261. The molecule has 1 amide bonds. The molecule has 28 heavy (non-hydrogen) atoms. The number of hydrogen-bond acceptors (Lipinski definition) is 5. The number of carbonyl (C=O) groups is 1. The summed E-state index contributed by atoms with van der Waals surface area (Å²) >= 11 is 0. The predicted octanol–water partition coefficient (Wildman–Crippen LogP) is 2.17. The second kappa shape index (κ2) is 11.6. The maximum atomic E-state index is 13.0. The van der Waals surface area contributed by atoms with Gasteiger partial charge >= 0.3 is 8.03 Å². The first kappa shape index (κ1) is 22.1. The van der Waals surface area contributed by atoms with Gasteiger partial charge in [0.25, 0.3) is 5.91 Å². The van der Waals surface area contributed by atoms with Crippen molar-refractivity contribution in [2.75, 3.05) is 25.0 Å². The van der Waals surface area contributed by atoms with E-state index < -0.39 is 19.8 Å². The Morgan fingerprint density at radius 1 is 1.21 bits per heavy atom. The molecule has 1 atom stereocenters. The van der Waals surface area contributed by atoms with Crippen molar-refractivity contribution >= 4 is 24.9 Å². The van der Waals surface area contributed by atoms with Gasteiger partial charge in [-0.3, -0.25) is 4.79 Å². The number of anilines is 1. The molecule has 0 spiro atoms. The van der Waals surface area contributed by atoms with Gasteiger partial charge in [-0.25, -0.2) is 4.39 Å². The summed E-state index contributed by atoms with van der Waals surface area (Å²) in [5.41, 5.74) is 0.503. The van der Waals surface area contributed by atoms with Crippen LogP contribution in [0.5, 0.6) is 0 Å². The van der Waals surface area contributed by atoms with E-state index in [2.05, 4.69) is 10.6 Å². The third kappa shape index (κ3) is 7.44. The van der Waals surface area contributed by atoms with Crippen LogP contribution in [0.4, 0.5) is 10.1 Å². The molecular weight excluding hydrogens is 382 g/mol. The average molecular weight is 406 g/mol. The Hall–Kier alpha value is -2.18. The second-order valence-corrected chi connectivity index (χ2v) is 7.51. The molecule has 0 bridgehead atoms. The van der Waals surface area contributed by atoms with Gasteiger partial charge in [0, 0.05) is 23.9 Å². The minimum Gasteiger partial charge on any atom is -0.591 e. The zero-order chi connectivity index (χ0) is 20.4. The number of aliphatic hydroxyl groups excluding tert-OH is 1. The molecule has 1 saturated heterocycles. The van der Waals surface area contributed by atoms with E-state index in [1.807, 2.05) is 0 Å². The monoisotopic (exact) mass is 406 g/mol. The van der Waals surface area contributed by atoms with Gasteiger partial charge in [0.2, 0.25) is 0 Å². The van der Waals surface area contributed by atoms with Crippen LogP contribution < -0.4 is 20.8 Å². The molecule has 8 heteroatoms. The molecule has 1 unspecified atom stereocenters. The first-order valence-electron chi connectivity index (χ1n) is 9.12. The van der Waals surface area contributed by atoms with Gasteiger partial charge in [0.1, 0.15) is 5.82 Å². The third-order valence-electron chi connectivity index (χ3n) is 4.40. The Kier molecular flexibility index (Phi) is 9.17. The summed E-state index contributed by atoms with van der Waals surface area (Å²) in [6.07, 6.45) is 3.50. The first-order valence-corrected chi connectivity index (χ1v) is 10.3. The highest BCUT2D eigenvalue weighted by molar-refractivity contribution is 7.45. The number of hydrogen-bond donors (Lipinski definition) is 3. The van der Waals surface area contributed by atoms with Crippen LogP contribution in [0.2, 0.25) is 0 Å². The molecule has 0 aromatic heterocycles. The third-order valence-corrected chi connectivity index (χ3v) is 5.10. The van der Waals surface area contributed by atoms with Crippen molar-refractivity contribution in [3.05, 3.63) is 59.9 Å². The summed E-state index contributed by atoms with van der Waals surface area (Å²) in [6, 6.07) is 11.1. The number of rotatable bonds is 5. The van der Waals surface area contributed by atoms with Gasteiger partial charge in [-0.2, -0.15) is 0 Å². The van der Waals surface area contributed by atoms with Gasteiger partial charge in [-0.15, -0.1) is 0 Å². The summed E-state index contributed by atoms with van der Waals surface area (Å²) in [5.74, 6) is -0.172. The molecule has 0 aliphatic carbocycles. The molecule has 1 fully saturated rings. The molecule has 0 radical (unpaired) electrons. The van der Waals surface area contributed by atoms with Gasteiger partial charge < -0.3 is 20.6 Å². The lowest BCUT2D eigenvalue weighted by Gasteiger charge is -2.21. The van der Waals surface area contributed by atoms with E-state index in [4.69, 9.17) is 5.11 Å². The number of nitrogens with one attached hydrogen (secondary N) is 2. The van der Waals surface area contributed by atoms with Gasteiger partial charge in [0.15, 0.2) is 5.30 Å². The number of piperidine rings is 1. The van der Waals surface area contributed by atoms with E-state index in [0.717, 1.165) is 25.4 Å². The lowest BCUT2D eigenvalue weighted by Crippen LogP contribution is -2.28. The van der Waals surface area contributed by atoms with Crippen LogP contribution in [0.25, 0.3) is 0 Å². The fourth-order valence-electron chi connectivity index (χ4n) is 2.88. The molecule has 1 aliphatic heterocycles. The van der Waals surface area contributed by atoms with Crippen LogP contribution in [0.3, 0.4) is 0 Å². The lowest BCUT2D eigenvalue weighted by atomic mass is 9.95. The van der Waals surface area contributed by atoms with Gasteiger partial charge in [-0.05, 0) is 68.6 Å². The highest BCUT2D eigenvalue weighted by Crippen LogP contribution is 2.14. The summed E-state index contributed by atoms with van der Waals surface area (Å²) in [4.78, 5) is 22.7. The van der Waals surface area contributed by atoms with Gasteiger partial charge in [0.05, 0.1) is 0 Å². The van der Waals surface area contributed by atoms with Crippen LogP contribution >= 0.6 is 8.03 Å². The van der Waals surface area contributed by atoms with Crippen LogP contribution in [-0.2, 0) is 4.57 Å². The number of aliphatic hydroxyl groups is 1. The molecular formula is C20H24FN2O4P. The van der Waals surface area contributed by atoms with Crippen molar-refractivity contribution in [2.24, 2.45) is 5.92 Å². The molecule has 0 saturated carbocycles. The van der Waals surface area contributed by atoms with Crippen molar-refractivity contribution in [3.63, 3.8) is 0 Å². The minimum absolute atomic E-state index is 0.0573. The standard InChI is InChI=1S/C13H9FNO3P.C7H15NO/c14-10-4-2-5-11(8-10)15-13(16)9-3-1-6-12(7-9)19(17)18;9-6-3-7-1-4-8-5-2-7/h1-8H,(H,15,16);7-9H,1-6H2. The van der Waals surface area contributed by atoms with E-state index in [1.165, 1.54) is 55.3 Å². The summed E-state index contributed by atoms with van der Waals surface area (Å²) in [6.45, 7) is 2.65. The number of benzene rings is 2. The fourth-order valence-corrected chi connectivity index (χ4v) is 3.34. The molecule has 1 aliphatic rings. The van der Waals surface area contributed by atoms with Crippen LogP contribution in [0, 0.1) is 11.7 Å². The molecule has 6 nitrogen and oxygen atoms in total. The summed E-state index contributed by atoms with van der Waals surface area (Å²) < 4.78 is 23.8. The van der Waals surface area contributed by atoms with Crippen molar-refractivity contribution < 1.29 is 23.7 Å². The fraction of sp³-hybridized carbons (Fsp3) is 0.350. The van der Waals surface area contributed by atoms with E-state index in [1.54, 1.807) is 6.07 Å². The second-order valence-electron chi connectivity index (χ2n) is 6.48.